The molecule has 0 atom stereocenters. The van der Waals surface area contributed by atoms with Crippen LogP contribution in [0.3, 0.4) is 0 Å². The van der Waals surface area contributed by atoms with Crippen molar-refractivity contribution in [3.8, 4) is 0 Å². The molecule has 1 aromatic rings. The van der Waals surface area contributed by atoms with Crippen molar-refractivity contribution in [3.63, 3.8) is 0 Å². The van der Waals surface area contributed by atoms with E-state index in [1.54, 1.807) is 0 Å². The van der Waals surface area contributed by atoms with Crippen molar-refractivity contribution in [2.45, 2.75) is 27.3 Å². The largest absolute Gasteiger partial charge is 0.300 e. The minimum Gasteiger partial charge on any atom is -0.300 e. The minimum absolute atomic E-state index is 1.05. The summed E-state index contributed by atoms with van der Waals surface area (Å²) >= 11 is 0. The number of nitrogens with zero attached hydrogens (tertiary/aromatic N) is 1. The van der Waals surface area contributed by atoms with E-state index in [4.69, 9.17) is 0 Å². The molecular formula is C14H21N. The zero-order chi connectivity index (χ0) is 11.1. The highest BCUT2D eigenvalue weighted by atomic mass is 15.1. The Morgan fingerprint density at radius 1 is 1.20 bits per heavy atom. The lowest BCUT2D eigenvalue weighted by atomic mass is 10.1. The molecule has 0 radical (unpaired) electrons. The van der Waals surface area contributed by atoms with Crippen molar-refractivity contribution in [3.05, 3.63) is 41.5 Å². The normalized spacial score (nSPS) is 11.5. The van der Waals surface area contributed by atoms with E-state index >= 15 is 0 Å². The molecule has 0 saturated carbocycles. The number of benzene rings is 1. The van der Waals surface area contributed by atoms with Crippen LogP contribution in [0.1, 0.15) is 31.9 Å². The maximum absolute atomic E-state index is 2.43. The van der Waals surface area contributed by atoms with Gasteiger partial charge in [-0.2, -0.15) is 0 Å². The first-order valence-corrected chi connectivity index (χ1v) is 5.74. The number of rotatable bonds is 5. The summed E-state index contributed by atoms with van der Waals surface area (Å²) in [5.74, 6) is 0. The average molecular weight is 203 g/mol. The van der Waals surface area contributed by atoms with Crippen molar-refractivity contribution in [2.75, 3.05) is 13.1 Å². The lowest BCUT2D eigenvalue weighted by Gasteiger charge is -2.18. The van der Waals surface area contributed by atoms with Gasteiger partial charge >= 0.3 is 0 Å². The first-order chi connectivity index (χ1) is 7.30. The predicted molar refractivity (Wildman–Crippen MR) is 67.8 cm³/mol. The quantitative estimate of drug-likeness (QED) is 0.707. The monoisotopic (exact) mass is 203 g/mol. The fourth-order valence-electron chi connectivity index (χ4n) is 1.69. The van der Waals surface area contributed by atoms with Crippen LogP contribution in [0.5, 0.6) is 0 Å². The minimum atomic E-state index is 1.05. The topological polar surface area (TPSA) is 3.24 Å². The lowest BCUT2D eigenvalue weighted by molar-refractivity contribution is 0.296. The molecule has 0 bridgehead atoms. The van der Waals surface area contributed by atoms with Crippen molar-refractivity contribution in [1.82, 2.24) is 4.90 Å². The molecule has 0 aliphatic carbocycles. The third-order valence-corrected chi connectivity index (χ3v) is 2.61. The molecule has 82 valence electrons. The van der Waals surface area contributed by atoms with Crippen LogP contribution < -0.4 is 0 Å². The van der Waals surface area contributed by atoms with Gasteiger partial charge in [0.1, 0.15) is 0 Å². The van der Waals surface area contributed by atoms with Crippen molar-refractivity contribution < 1.29 is 0 Å². The molecule has 15 heavy (non-hydrogen) atoms. The first kappa shape index (κ1) is 12.0. The van der Waals surface area contributed by atoms with E-state index in [2.05, 4.69) is 62.1 Å². The number of hydrogen-bond acceptors (Lipinski definition) is 1. The van der Waals surface area contributed by atoms with Crippen LogP contribution in [0.2, 0.25) is 0 Å². The Morgan fingerprint density at radius 2 is 1.93 bits per heavy atom. The third kappa shape index (κ3) is 3.88. The zero-order valence-electron chi connectivity index (χ0n) is 10.0. The average Bonchev–Trinajstić information content (AvgIpc) is 2.27. The van der Waals surface area contributed by atoms with E-state index in [1.165, 1.54) is 11.1 Å². The molecule has 1 heteroatoms. The maximum atomic E-state index is 2.43. The van der Waals surface area contributed by atoms with E-state index in [0.29, 0.717) is 0 Å². The molecule has 1 rings (SSSR count). The summed E-state index contributed by atoms with van der Waals surface area (Å²) in [5.41, 5.74) is 2.69. The third-order valence-electron chi connectivity index (χ3n) is 2.61. The molecule has 1 nitrogen and oxygen atoms in total. The molecule has 0 saturated heterocycles. The summed E-state index contributed by atoms with van der Waals surface area (Å²) in [7, 11) is 0. The van der Waals surface area contributed by atoms with Crippen LogP contribution in [0, 0.1) is 0 Å². The molecule has 0 aromatic heterocycles. The van der Waals surface area contributed by atoms with Crippen LogP contribution in [0.15, 0.2) is 30.3 Å². The van der Waals surface area contributed by atoms with Crippen LogP contribution in [0.4, 0.5) is 0 Å². The van der Waals surface area contributed by atoms with Gasteiger partial charge in [0.25, 0.3) is 0 Å². The van der Waals surface area contributed by atoms with E-state index in [9.17, 15) is 0 Å². The van der Waals surface area contributed by atoms with Gasteiger partial charge < -0.3 is 0 Å². The summed E-state index contributed by atoms with van der Waals surface area (Å²) in [4.78, 5) is 2.43. The molecule has 0 aliphatic heterocycles. The van der Waals surface area contributed by atoms with E-state index in [1.807, 2.05) is 0 Å². The Morgan fingerprint density at radius 3 is 2.53 bits per heavy atom. The highest BCUT2D eigenvalue weighted by Crippen LogP contribution is 2.09. The van der Waals surface area contributed by atoms with E-state index < -0.39 is 0 Å². The van der Waals surface area contributed by atoms with Crippen LogP contribution >= 0.6 is 0 Å². The summed E-state index contributed by atoms with van der Waals surface area (Å²) in [5, 5.41) is 0. The second kappa shape index (κ2) is 6.41. The van der Waals surface area contributed by atoms with Gasteiger partial charge in [0.15, 0.2) is 0 Å². The zero-order valence-corrected chi connectivity index (χ0v) is 10.0. The maximum Gasteiger partial charge on any atom is 0.0233 e. The Balaban J connectivity index is 2.72. The molecule has 0 unspecified atom stereocenters. The van der Waals surface area contributed by atoms with Gasteiger partial charge in [-0.3, -0.25) is 4.90 Å². The summed E-state index contributed by atoms with van der Waals surface area (Å²) in [6.45, 7) is 9.75. The standard InChI is InChI=1S/C14H21N/c1-4-8-13-9-7-10-14(11-13)12-15(5-2)6-3/h4,7-11H,5-6,12H2,1-3H3/b8-4+. The first-order valence-electron chi connectivity index (χ1n) is 5.74. The van der Waals surface area contributed by atoms with Gasteiger partial charge in [-0.25, -0.2) is 0 Å². The second-order valence-electron chi connectivity index (χ2n) is 3.71. The highest BCUT2D eigenvalue weighted by Gasteiger charge is 2.00. The number of hydrogen-bond donors (Lipinski definition) is 0. The molecular weight excluding hydrogens is 182 g/mol. The number of allylic oxidation sites excluding steroid dienone is 1. The van der Waals surface area contributed by atoms with E-state index in [0.717, 1.165) is 19.6 Å². The Kier molecular flexibility index (Phi) is 5.13. The van der Waals surface area contributed by atoms with Gasteiger partial charge in [0.05, 0.1) is 0 Å². The molecule has 0 heterocycles. The summed E-state index contributed by atoms with van der Waals surface area (Å²) in [6.07, 6.45) is 4.22. The SMILES string of the molecule is C/C=C/c1cccc(CN(CC)CC)c1. The fourth-order valence-corrected chi connectivity index (χ4v) is 1.69. The molecule has 0 aliphatic rings. The van der Waals surface area contributed by atoms with Gasteiger partial charge in [-0.15, -0.1) is 0 Å². The second-order valence-corrected chi connectivity index (χ2v) is 3.71. The van der Waals surface area contributed by atoms with Gasteiger partial charge in [0, 0.05) is 6.54 Å². The predicted octanol–water partition coefficient (Wildman–Crippen LogP) is 3.56. The van der Waals surface area contributed by atoms with Crippen molar-refractivity contribution in [2.24, 2.45) is 0 Å². The van der Waals surface area contributed by atoms with Gasteiger partial charge in [-0.1, -0.05) is 50.3 Å². The molecule has 0 amide bonds. The van der Waals surface area contributed by atoms with Crippen molar-refractivity contribution in [1.29, 1.82) is 0 Å². The van der Waals surface area contributed by atoms with Crippen LogP contribution in [-0.4, -0.2) is 18.0 Å². The summed E-state index contributed by atoms with van der Waals surface area (Å²) < 4.78 is 0. The summed E-state index contributed by atoms with van der Waals surface area (Å²) in [6, 6.07) is 8.74. The Labute approximate surface area is 93.4 Å². The fraction of sp³-hybridized carbons (Fsp3) is 0.429. The lowest BCUT2D eigenvalue weighted by Crippen LogP contribution is -2.22. The van der Waals surface area contributed by atoms with Gasteiger partial charge in [0.2, 0.25) is 0 Å². The highest BCUT2D eigenvalue weighted by molar-refractivity contribution is 5.49. The molecule has 0 spiro atoms. The Hall–Kier alpha value is -1.08. The van der Waals surface area contributed by atoms with Crippen LogP contribution in [-0.2, 0) is 6.54 Å². The molecule has 1 aromatic carbocycles. The molecule has 0 N–H and O–H groups in total. The molecule has 0 fully saturated rings. The smallest absolute Gasteiger partial charge is 0.0233 e. The van der Waals surface area contributed by atoms with E-state index in [-0.39, 0.29) is 0 Å². The van der Waals surface area contributed by atoms with Crippen LogP contribution in [0.25, 0.3) is 6.08 Å². The van der Waals surface area contributed by atoms with Gasteiger partial charge in [-0.05, 0) is 31.1 Å². The Bertz CT molecular complexity index is 311. The van der Waals surface area contributed by atoms with Crippen molar-refractivity contribution >= 4 is 6.08 Å².